The van der Waals surface area contributed by atoms with Crippen molar-refractivity contribution in [2.24, 2.45) is 11.8 Å². The third-order valence-electron chi connectivity index (χ3n) is 5.56. The van der Waals surface area contributed by atoms with Crippen LogP contribution in [0.3, 0.4) is 0 Å². The van der Waals surface area contributed by atoms with Crippen molar-refractivity contribution in [3.63, 3.8) is 0 Å². The van der Waals surface area contributed by atoms with Crippen LogP contribution in [0.5, 0.6) is 5.75 Å². The third kappa shape index (κ3) is 7.02. The number of carbonyl (C=O) groups excluding carboxylic acids is 2. The number of aromatic nitrogens is 2. The minimum absolute atomic E-state index is 0.00149. The van der Waals surface area contributed by atoms with E-state index in [1.807, 2.05) is 45.0 Å². The van der Waals surface area contributed by atoms with E-state index < -0.39 is 6.04 Å². The topological polar surface area (TPSA) is 93.2 Å². The van der Waals surface area contributed by atoms with Gasteiger partial charge >= 0.3 is 0 Å². The Balaban J connectivity index is 2.08. The van der Waals surface area contributed by atoms with Gasteiger partial charge in [-0.25, -0.2) is 0 Å². The largest absolute Gasteiger partial charge is 0.497 e. The highest BCUT2D eigenvalue weighted by Gasteiger charge is 2.29. The highest BCUT2D eigenvalue weighted by molar-refractivity contribution is 7.18. The highest BCUT2D eigenvalue weighted by atomic mass is 32.1. The van der Waals surface area contributed by atoms with E-state index in [1.165, 1.54) is 11.3 Å². The van der Waals surface area contributed by atoms with Crippen molar-refractivity contribution < 1.29 is 14.3 Å². The lowest BCUT2D eigenvalue weighted by atomic mass is 9.94. The molecule has 8 heteroatoms. The first-order valence-electron chi connectivity index (χ1n) is 11.0. The summed E-state index contributed by atoms with van der Waals surface area (Å²) in [5.41, 5.74) is 0.896. The lowest BCUT2D eigenvalue weighted by molar-refractivity contribution is -0.130. The van der Waals surface area contributed by atoms with E-state index in [1.54, 1.807) is 7.11 Å². The fourth-order valence-electron chi connectivity index (χ4n) is 3.25. The SMILES string of the molecule is CCCC[C@H](CC)C(=O)N[C@H](C(=O)Nc1nnc(-c2ccc(OC)cc2)s1)[C@H](C)CC. The number of nitrogens with one attached hydrogen (secondary N) is 2. The number of nitrogens with zero attached hydrogens (tertiary/aromatic N) is 2. The van der Waals surface area contributed by atoms with Gasteiger partial charge in [0.15, 0.2) is 0 Å². The molecule has 7 nitrogen and oxygen atoms in total. The van der Waals surface area contributed by atoms with Crippen LogP contribution in [0.2, 0.25) is 0 Å². The first kappa shape index (κ1) is 24.8. The first-order chi connectivity index (χ1) is 14.9. The molecular weight excluding hydrogens is 412 g/mol. The lowest BCUT2D eigenvalue weighted by Crippen LogP contribution is -2.49. The predicted molar refractivity (Wildman–Crippen MR) is 125 cm³/mol. The van der Waals surface area contributed by atoms with Gasteiger partial charge in [-0.05, 0) is 43.0 Å². The Morgan fingerprint density at radius 2 is 1.77 bits per heavy atom. The molecule has 170 valence electrons. The predicted octanol–water partition coefficient (Wildman–Crippen LogP) is 4.90. The maximum Gasteiger partial charge on any atom is 0.249 e. The van der Waals surface area contributed by atoms with E-state index in [0.29, 0.717) is 10.1 Å². The Hall–Kier alpha value is -2.48. The highest BCUT2D eigenvalue weighted by Crippen LogP contribution is 2.28. The van der Waals surface area contributed by atoms with Crippen molar-refractivity contribution in [3.8, 4) is 16.3 Å². The number of hydrogen-bond acceptors (Lipinski definition) is 6. The molecule has 3 atom stereocenters. The molecule has 1 aromatic heterocycles. The van der Waals surface area contributed by atoms with Crippen LogP contribution in [0.4, 0.5) is 5.13 Å². The summed E-state index contributed by atoms with van der Waals surface area (Å²) in [5.74, 6) is 0.389. The summed E-state index contributed by atoms with van der Waals surface area (Å²) in [6.07, 6.45) is 4.44. The zero-order valence-corrected chi connectivity index (χ0v) is 19.9. The molecule has 1 aromatic carbocycles. The minimum atomic E-state index is -0.610. The van der Waals surface area contributed by atoms with Crippen molar-refractivity contribution in [2.45, 2.75) is 65.8 Å². The van der Waals surface area contributed by atoms with Crippen LogP contribution in [0.25, 0.3) is 10.6 Å². The molecular formula is C23H34N4O3S. The molecule has 0 radical (unpaired) electrons. The molecule has 1 heterocycles. The minimum Gasteiger partial charge on any atom is -0.497 e. The molecule has 0 aliphatic carbocycles. The first-order valence-corrected chi connectivity index (χ1v) is 11.8. The fraction of sp³-hybridized carbons (Fsp3) is 0.565. The van der Waals surface area contributed by atoms with Gasteiger partial charge < -0.3 is 10.1 Å². The molecule has 2 rings (SSSR count). The van der Waals surface area contributed by atoms with Crippen molar-refractivity contribution >= 4 is 28.3 Å². The molecule has 0 fully saturated rings. The number of hydrogen-bond donors (Lipinski definition) is 2. The number of methoxy groups -OCH3 is 1. The quantitative estimate of drug-likeness (QED) is 0.484. The summed E-state index contributed by atoms with van der Waals surface area (Å²) in [6, 6.07) is 6.89. The number of ether oxygens (including phenoxy) is 1. The van der Waals surface area contributed by atoms with Gasteiger partial charge in [-0.1, -0.05) is 58.3 Å². The Kier molecular flexibility index (Phi) is 9.91. The number of unbranched alkanes of at least 4 members (excludes halogenated alkanes) is 1. The van der Waals surface area contributed by atoms with E-state index in [4.69, 9.17) is 4.74 Å². The molecule has 0 saturated carbocycles. The van der Waals surface area contributed by atoms with Crippen molar-refractivity contribution in [3.05, 3.63) is 24.3 Å². The second-order valence-corrected chi connectivity index (χ2v) is 8.73. The molecule has 31 heavy (non-hydrogen) atoms. The number of rotatable bonds is 12. The van der Waals surface area contributed by atoms with Crippen LogP contribution < -0.4 is 15.4 Å². The van der Waals surface area contributed by atoms with Gasteiger partial charge in [0, 0.05) is 11.5 Å². The number of amides is 2. The molecule has 0 bridgehead atoms. The van der Waals surface area contributed by atoms with Gasteiger partial charge in [-0.15, -0.1) is 10.2 Å². The summed E-state index contributed by atoms with van der Waals surface area (Å²) < 4.78 is 5.18. The molecule has 2 amide bonds. The van der Waals surface area contributed by atoms with E-state index >= 15 is 0 Å². The Morgan fingerprint density at radius 1 is 1.06 bits per heavy atom. The average molecular weight is 447 g/mol. The van der Waals surface area contributed by atoms with E-state index in [0.717, 1.165) is 43.4 Å². The molecule has 0 saturated heterocycles. The van der Waals surface area contributed by atoms with Crippen LogP contribution in [-0.4, -0.2) is 35.2 Å². The Bertz CT molecular complexity index is 838. The third-order valence-corrected chi connectivity index (χ3v) is 6.44. The van der Waals surface area contributed by atoms with E-state index in [9.17, 15) is 9.59 Å². The van der Waals surface area contributed by atoms with Gasteiger partial charge in [0.2, 0.25) is 16.9 Å². The second kappa shape index (κ2) is 12.4. The Labute approximate surface area is 189 Å². The average Bonchev–Trinajstić information content (AvgIpc) is 3.25. The van der Waals surface area contributed by atoms with Crippen LogP contribution in [-0.2, 0) is 9.59 Å². The maximum absolute atomic E-state index is 13.0. The standard InChI is InChI=1S/C23H34N4O3S/c1-6-9-10-16(8-3)20(28)24-19(15(4)7-2)21(29)25-23-27-26-22(31-23)17-11-13-18(30-5)14-12-17/h11-16,19H,6-10H2,1-5H3,(H,24,28)(H,25,27,29)/t15-,16+,19+/m1/s1. The van der Waals surface area contributed by atoms with Crippen LogP contribution in [0.15, 0.2) is 24.3 Å². The molecule has 2 aromatic rings. The molecule has 0 aliphatic rings. The normalized spacial score (nSPS) is 13.8. The molecule has 0 unspecified atom stereocenters. The summed E-state index contributed by atoms with van der Waals surface area (Å²) in [4.78, 5) is 25.8. The van der Waals surface area contributed by atoms with Gasteiger partial charge in [0.1, 0.15) is 16.8 Å². The van der Waals surface area contributed by atoms with Crippen LogP contribution >= 0.6 is 11.3 Å². The smallest absolute Gasteiger partial charge is 0.249 e. The maximum atomic E-state index is 13.0. The van der Waals surface area contributed by atoms with E-state index in [2.05, 4.69) is 27.8 Å². The summed E-state index contributed by atoms with van der Waals surface area (Å²) >= 11 is 1.30. The van der Waals surface area contributed by atoms with Gasteiger partial charge in [-0.2, -0.15) is 0 Å². The number of carbonyl (C=O) groups is 2. The van der Waals surface area contributed by atoms with Crippen molar-refractivity contribution in [1.29, 1.82) is 0 Å². The van der Waals surface area contributed by atoms with Gasteiger partial charge in [0.25, 0.3) is 0 Å². The van der Waals surface area contributed by atoms with Crippen molar-refractivity contribution in [2.75, 3.05) is 12.4 Å². The monoisotopic (exact) mass is 446 g/mol. The fourth-order valence-corrected chi connectivity index (χ4v) is 4.00. The second-order valence-electron chi connectivity index (χ2n) is 7.75. The Morgan fingerprint density at radius 3 is 2.35 bits per heavy atom. The summed E-state index contributed by atoms with van der Waals surface area (Å²) in [6.45, 7) is 8.11. The zero-order valence-electron chi connectivity index (χ0n) is 19.1. The van der Waals surface area contributed by atoms with Crippen molar-refractivity contribution in [1.82, 2.24) is 15.5 Å². The molecule has 0 spiro atoms. The van der Waals surface area contributed by atoms with Gasteiger partial charge in [0.05, 0.1) is 7.11 Å². The van der Waals surface area contributed by atoms with E-state index in [-0.39, 0.29) is 23.7 Å². The molecule has 0 aliphatic heterocycles. The van der Waals surface area contributed by atoms with Crippen LogP contribution in [0.1, 0.15) is 59.8 Å². The zero-order chi connectivity index (χ0) is 22.8. The summed E-state index contributed by atoms with van der Waals surface area (Å²) in [7, 11) is 1.62. The lowest BCUT2D eigenvalue weighted by Gasteiger charge is -2.25. The number of benzene rings is 1. The number of anilines is 1. The van der Waals surface area contributed by atoms with Gasteiger partial charge in [-0.3, -0.25) is 14.9 Å². The summed E-state index contributed by atoms with van der Waals surface area (Å²) in [5, 5.41) is 15.2. The van der Waals surface area contributed by atoms with Crippen LogP contribution in [0, 0.1) is 11.8 Å². The molecule has 2 N–H and O–H groups in total.